The normalized spacial score (nSPS) is 16.3. The van der Waals surface area contributed by atoms with Gasteiger partial charge in [0.1, 0.15) is 17.8 Å². The number of alkyl halides is 3. The van der Waals surface area contributed by atoms with E-state index in [-0.39, 0.29) is 18.3 Å². The van der Waals surface area contributed by atoms with Crippen LogP contribution in [0.4, 0.5) is 24.5 Å². The molecule has 1 unspecified atom stereocenters. The summed E-state index contributed by atoms with van der Waals surface area (Å²) >= 11 is 0. The number of pyridine rings is 1. The lowest BCUT2D eigenvalue weighted by Gasteiger charge is -2.23. The van der Waals surface area contributed by atoms with Crippen LogP contribution in [-0.4, -0.2) is 32.7 Å². The highest BCUT2D eigenvalue weighted by molar-refractivity contribution is 5.99. The van der Waals surface area contributed by atoms with Gasteiger partial charge in [-0.3, -0.25) is 4.98 Å². The van der Waals surface area contributed by atoms with Crippen molar-refractivity contribution in [2.24, 2.45) is 5.41 Å². The lowest BCUT2D eigenvalue weighted by Crippen LogP contribution is -2.35. The highest BCUT2D eigenvalue weighted by atomic mass is 19.4. The van der Waals surface area contributed by atoms with Crippen LogP contribution >= 0.6 is 0 Å². The topological polar surface area (TPSA) is 127 Å². The lowest BCUT2D eigenvalue weighted by molar-refractivity contribution is -0.182. The standard InChI is InChI=1S/C31H30F3N9/c1-29(2,3)17-39-27-20(12-36)14-38-26-19(11-35)9-21(10-23(26)27)40-28(22-6-4-5-18-13-37-15-24(18)22)25-16-43(42-41-25)30(7-8-30)31(32,33)34/h4-6,9-10,14,16,28,37,40H,7-8,13,15,17H2,1-3H3,(H,38,39). The minimum atomic E-state index is -4.44. The Bertz CT molecular complexity index is 1800. The van der Waals surface area contributed by atoms with E-state index in [0.29, 0.717) is 58.7 Å². The van der Waals surface area contributed by atoms with Crippen LogP contribution in [0, 0.1) is 28.1 Å². The maximum Gasteiger partial charge on any atom is 0.413 e. The van der Waals surface area contributed by atoms with Gasteiger partial charge >= 0.3 is 6.18 Å². The average molecular weight is 586 g/mol. The zero-order chi connectivity index (χ0) is 30.6. The Morgan fingerprint density at radius 3 is 2.53 bits per heavy atom. The Balaban J connectivity index is 1.48. The van der Waals surface area contributed by atoms with Gasteiger partial charge in [-0.25, -0.2) is 4.68 Å². The Kier molecular flexibility index (Phi) is 6.78. The molecular formula is C31H30F3N9. The molecule has 1 aliphatic heterocycles. The summed E-state index contributed by atoms with van der Waals surface area (Å²) in [7, 11) is 0. The van der Waals surface area contributed by atoms with E-state index in [0.717, 1.165) is 21.4 Å². The minimum absolute atomic E-state index is 0.0448. The lowest BCUT2D eigenvalue weighted by atomic mass is 9.95. The third-order valence-corrected chi connectivity index (χ3v) is 8.05. The number of hydrogen-bond acceptors (Lipinski definition) is 8. The Labute approximate surface area is 246 Å². The molecule has 4 aromatic rings. The van der Waals surface area contributed by atoms with Crippen LogP contribution in [0.5, 0.6) is 0 Å². The summed E-state index contributed by atoms with van der Waals surface area (Å²) in [6.07, 6.45) is -1.71. The van der Waals surface area contributed by atoms with Gasteiger partial charge in [0.05, 0.1) is 34.6 Å². The first-order valence-electron chi connectivity index (χ1n) is 14.0. The smallest absolute Gasteiger partial charge is 0.383 e. The molecule has 0 spiro atoms. The number of aromatic nitrogens is 4. The predicted octanol–water partition coefficient (Wildman–Crippen LogP) is 5.88. The van der Waals surface area contributed by atoms with Gasteiger partial charge in [-0.1, -0.05) is 44.2 Å². The Hall–Kier alpha value is -4.68. The molecule has 0 bridgehead atoms. The molecule has 6 rings (SSSR count). The first-order chi connectivity index (χ1) is 20.4. The average Bonchev–Trinajstić information content (AvgIpc) is 3.41. The third kappa shape index (κ3) is 5.12. The summed E-state index contributed by atoms with van der Waals surface area (Å²) in [5, 5.41) is 38.9. The quantitative estimate of drug-likeness (QED) is 0.245. The zero-order valence-electron chi connectivity index (χ0n) is 24.0. The van der Waals surface area contributed by atoms with Crippen molar-refractivity contribution in [3.05, 3.63) is 76.2 Å². The second-order valence-corrected chi connectivity index (χ2v) is 12.4. The summed E-state index contributed by atoms with van der Waals surface area (Å²) in [6, 6.07) is 13.1. The van der Waals surface area contributed by atoms with Crippen molar-refractivity contribution in [2.45, 2.75) is 64.5 Å². The fourth-order valence-electron chi connectivity index (χ4n) is 5.59. The molecule has 1 aliphatic carbocycles. The van der Waals surface area contributed by atoms with E-state index in [2.05, 4.69) is 64.2 Å². The van der Waals surface area contributed by atoms with Crippen molar-refractivity contribution in [3.8, 4) is 12.1 Å². The molecule has 2 aliphatic rings. The van der Waals surface area contributed by atoms with E-state index in [4.69, 9.17) is 0 Å². The van der Waals surface area contributed by atoms with Crippen molar-refractivity contribution in [1.82, 2.24) is 25.3 Å². The zero-order valence-corrected chi connectivity index (χ0v) is 24.0. The van der Waals surface area contributed by atoms with Crippen LogP contribution in [-0.2, 0) is 18.6 Å². The van der Waals surface area contributed by atoms with E-state index < -0.39 is 17.8 Å². The van der Waals surface area contributed by atoms with Gasteiger partial charge in [0.25, 0.3) is 0 Å². The summed E-state index contributed by atoms with van der Waals surface area (Å²) in [4.78, 5) is 4.42. The number of halogens is 3. The number of nitrogens with zero attached hydrogens (tertiary/aromatic N) is 6. The van der Waals surface area contributed by atoms with E-state index in [1.807, 2.05) is 24.3 Å². The van der Waals surface area contributed by atoms with Crippen LogP contribution in [0.1, 0.15) is 73.2 Å². The molecule has 0 amide bonds. The van der Waals surface area contributed by atoms with Gasteiger partial charge in [0, 0.05) is 36.9 Å². The fraction of sp³-hybridized carbons (Fsp3) is 0.387. The van der Waals surface area contributed by atoms with E-state index in [9.17, 15) is 23.7 Å². The molecule has 12 heteroatoms. The maximum atomic E-state index is 13.9. The Morgan fingerprint density at radius 1 is 1.09 bits per heavy atom. The molecule has 1 atom stereocenters. The number of rotatable bonds is 7. The van der Waals surface area contributed by atoms with E-state index in [1.165, 1.54) is 12.4 Å². The van der Waals surface area contributed by atoms with Gasteiger partial charge < -0.3 is 16.0 Å². The van der Waals surface area contributed by atoms with Crippen molar-refractivity contribution >= 4 is 22.3 Å². The number of nitrogens with one attached hydrogen (secondary N) is 3. The van der Waals surface area contributed by atoms with Crippen molar-refractivity contribution in [1.29, 1.82) is 10.5 Å². The molecule has 3 heterocycles. The first kappa shape index (κ1) is 28.4. The molecule has 3 N–H and O–H groups in total. The number of anilines is 2. The molecular weight excluding hydrogens is 555 g/mol. The molecule has 2 aromatic carbocycles. The van der Waals surface area contributed by atoms with Crippen molar-refractivity contribution in [2.75, 3.05) is 17.2 Å². The van der Waals surface area contributed by atoms with Crippen molar-refractivity contribution in [3.63, 3.8) is 0 Å². The monoisotopic (exact) mass is 585 g/mol. The van der Waals surface area contributed by atoms with Crippen LogP contribution in [0.2, 0.25) is 0 Å². The Morgan fingerprint density at radius 2 is 1.86 bits per heavy atom. The minimum Gasteiger partial charge on any atom is -0.383 e. The molecule has 1 fully saturated rings. The SMILES string of the molecule is CC(C)(C)CNc1c(C#N)cnc2c(C#N)cc(NC(c3cn(C4(C(F)(F)F)CC4)nn3)c3cccc4c3CNC4)cc12. The predicted molar refractivity (Wildman–Crippen MR) is 155 cm³/mol. The summed E-state index contributed by atoms with van der Waals surface area (Å²) in [6.45, 7) is 8.05. The summed E-state index contributed by atoms with van der Waals surface area (Å²) in [5.74, 6) is 0. The molecule has 1 saturated carbocycles. The molecule has 43 heavy (non-hydrogen) atoms. The number of hydrogen-bond donors (Lipinski definition) is 3. The van der Waals surface area contributed by atoms with Crippen molar-refractivity contribution < 1.29 is 13.2 Å². The summed E-state index contributed by atoms with van der Waals surface area (Å²) < 4.78 is 42.7. The van der Waals surface area contributed by atoms with Crippen LogP contribution in [0.3, 0.4) is 0 Å². The van der Waals surface area contributed by atoms with Gasteiger partial charge in [0.15, 0.2) is 5.54 Å². The van der Waals surface area contributed by atoms with Crippen LogP contribution in [0.15, 0.2) is 42.7 Å². The van der Waals surface area contributed by atoms with E-state index in [1.54, 1.807) is 6.07 Å². The number of nitriles is 2. The largest absolute Gasteiger partial charge is 0.413 e. The molecule has 2 aromatic heterocycles. The van der Waals surface area contributed by atoms with Gasteiger partial charge in [-0.15, -0.1) is 5.10 Å². The molecule has 220 valence electrons. The highest BCUT2D eigenvalue weighted by Gasteiger charge is 2.66. The third-order valence-electron chi connectivity index (χ3n) is 8.05. The van der Waals surface area contributed by atoms with Crippen LogP contribution < -0.4 is 16.0 Å². The van der Waals surface area contributed by atoms with Gasteiger partial charge in [-0.05, 0) is 47.1 Å². The fourth-order valence-corrected chi connectivity index (χ4v) is 5.59. The number of benzene rings is 2. The molecule has 9 nitrogen and oxygen atoms in total. The molecule has 0 radical (unpaired) electrons. The second-order valence-electron chi connectivity index (χ2n) is 12.4. The first-order valence-corrected chi connectivity index (χ1v) is 14.0. The highest BCUT2D eigenvalue weighted by Crippen LogP contribution is 2.55. The second kappa shape index (κ2) is 10.2. The maximum absolute atomic E-state index is 13.9. The molecule has 0 saturated heterocycles. The van der Waals surface area contributed by atoms with Crippen LogP contribution in [0.25, 0.3) is 10.9 Å². The number of fused-ring (bicyclic) bond motifs is 2. The van der Waals surface area contributed by atoms with Gasteiger partial charge in [0.2, 0.25) is 0 Å². The summed E-state index contributed by atoms with van der Waals surface area (Å²) in [5.41, 5.74) is 3.34. The van der Waals surface area contributed by atoms with E-state index >= 15 is 0 Å². The van der Waals surface area contributed by atoms with Gasteiger partial charge in [-0.2, -0.15) is 23.7 Å².